The van der Waals surface area contributed by atoms with Crippen molar-refractivity contribution in [2.45, 2.75) is 0 Å². The van der Waals surface area contributed by atoms with Gasteiger partial charge in [-0.2, -0.15) is 0 Å². The second-order valence-corrected chi connectivity index (χ2v) is 6.27. The molecule has 0 saturated heterocycles. The SMILES string of the molecule is COc1ccc(-c2ccc(Br)c3sc(C=O)cc23)cc1. The van der Waals surface area contributed by atoms with Crippen molar-refractivity contribution in [1.29, 1.82) is 0 Å². The molecule has 0 amide bonds. The Hall–Kier alpha value is -1.65. The van der Waals surface area contributed by atoms with Crippen LogP contribution in [0.4, 0.5) is 0 Å². The Morgan fingerprint density at radius 2 is 1.90 bits per heavy atom. The molecule has 0 saturated carbocycles. The van der Waals surface area contributed by atoms with Crippen molar-refractivity contribution in [1.82, 2.24) is 0 Å². The number of carbonyl (C=O) groups excluding carboxylic acids is 1. The van der Waals surface area contributed by atoms with Crippen LogP contribution in [0.15, 0.2) is 46.9 Å². The van der Waals surface area contributed by atoms with Gasteiger partial charge in [0.15, 0.2) is 6.29 Å². The number of thiophene rings is 1. The summed E-state index contributed by atoms with van der Waals surface area (Å²) in [6.45, 7) is 0. The van der Waals surface area contributed by atoms with Gasteiger partial charge < -0.3 is 4.74 Å². The van der Waals surface area contributed by atoms with Gasteiger partial charge in [-0.25, -0.2) is 0 Å². The van der Waals surface area contributed by atoms with E-state index in [0.29, 0.717) is 0 Å². The molecule has 0 aliphatic heterocycles. The molecule has 0 unspecified atom stereocenters. The average Bonchev–Trinajstić information content (AvgIpc) is 2.93. The van der Waals surface area contributed by atoms with E-state index < -0.39 is 0 Å². The van der Waals surface area contributed by atoms with E-state index in [1.54, 1.807) is 7.11 Å². The maximum Gasteiger partial charge on any atom is 0.160 e. The highest BCUT2D eigenvalue weighted by Crippen LogP contribution is 2.38. The molecule has 2 aromatic carbocycles. The molecule has 0 atom stereocenters. The van der Waals surface area contributed by atoms with Crippen LogP contribution in [0.5, 0.6) is 5.75 Å². The van der Waals surface area contributed by atoms with Gasteiger partial charge in [-0.15, -0.1) is 11.3 Å². The molecule has 3 aromatic rings. The summed E-state index contributed by atoms with van der Waals surface area (Å²) in [6, 6.07) is 14.0. The van der Waals surface area contributed by atoms with E-state index in [4.69, 9.17) is 4.74 Å². The number of halogens is 1. The van der Waals surface area contributed by atoms with Gasteiger partial charge in [0.2, 0.25) is 0 Å². The Kier molecular flexibility index (Phi) is 3.59. The molecular formula is C16H11BrO2S. The highest BCUT2D eigenvalue weighted by atomic mass is 79.9. The lowest BCUT2D eigenvalue weighted by molar-refractivity contribution is 0.112. The van der Waals surface area contributed by atoms with Crippen LogP contribution in [0.25, 0.3) is 21.2 Å². The van der Waals surface area contributed by atoms with Crippen LogP contribution >= 0.6 is 27.3 Å². The van der Waals surface area contributed by atoms with Crippen molar-refractivity contribution >= 4 is 43.6 Å². The van der Waals surface area contributed by atoms with Crippen molar-refractivity contribution in [2.24, 2.45) is 0 Å². The Morgan fingerprint density at radius 3 is 2.55 bits per heavy atom. The molecule has 0 aliphatic carbocycles. The third-order valence-electron chi connectivity index (χ3n) is 3.17. The number of rotatable bonds is 3. The molecule has 0 aliphatic rings. The monoisotopic (exact) mass is 346 g/mol. The summed E-state index contributed by atoms with van der Waals surface area (Å²) >= 11 is 5.04. The first-order valence-electron chi connectivity index (χ1n) is 6.04. The van der Waals surface area contributed by atoms with Crippen molar-refractivity contribution < 1.29 is 9.53 Å². The van der Waals surface area contributed by atoms with Crippen molar-refractivity contribution in [3.63, 3.8) is 0 Å². The zero-order chi connectivity index (χ0) is 14.1. The summed E-state index contributed by atoms with van der Waals surface area (Å²) in [5.74, 6) is 0.834. The number of ether oxygens (including phenoxy) is 1. The first-order chi connectivity index (χ1) is 9.72. The first-order valence-corrected chi connectivity index (χ1v) is 7.65. The number of methoxy groups -OCH3 is 1. The lowest BCUT2D eigenvalue weighted by Crippen LogP contribution is -1.83. The first kappa shape index (κ1) is 13.3. The molecule has 2 nitrogen and oxygen atoms in total. The van der Waals surface area contributed by atoms with E-state index in [1.807, 2.05) is 36.4 Å². The fourth-order valence-corrected chi connectivity index (χ4v) is 3.68. The van der Waals surface area contributed by atoms with Gasteiger partial charge >= 0.3 is 0 Å². The molecule has 0 fully saturated rings. The molecule has 100 valence electrons. The topological polar surface area (TPSA) is 26.3 Å². The molecule has 0 N–H and O–H groups in total. The van der Waals surface area contributed by atoms with Gasteiger partial charge in [-0.1, -0.05) is 18.2 Å². The standard InChI is InChI=1S/C16H11BrO2S/c1-19-11-4-2-10(3-5-11)13-6-7-15(17)16-14(13)8-12(9-18)20-16/h2-9H,1H3. The smallest absolute Gasteiger partial charge is 0.160 e. The molecular weight excluding hydrogens is 336 g/mol. The van der Waals surface area contributed by atoms with Gasteiger partial charge in [-0.05, 0) is 51.3 Å². The summed E-state index contributed by atoms with van der Waals surface area (Å²) in [7, 11) is 1.65. The van der Waals surface area contributed by atoms with E-state index in [9.17, 15) is 4.79 Å². The van der Waals surface area contributed by atoms with E-state index in [1.165, 1.54) is 11.3 Å². The zero-order valence-electron chi connectivity index (χ0n) is 10.7. The van der Waals surface area contributed by atoms with Crippen molar-refractivity contribution in [2.75, 3.05) is 7.11 Å². The summed E-state index contributed by atoms with van der Waals surface area (Å²) in [4.78, 5) is 11.7. The van der Waals surface area contributed by atoms with Crippen LogP contribution in [0, 0.1) is 0 Å². The number of hydrogen-bond donors (Lipinski definition) is 0. The van der Waals surface area contributed by atoms with Gasteiger partial charge in [0.05, 0.1) is 12.0 Å². The lowest BCUT2D eigenvalue weighted by atomic mass is 10.0. The molecule has 20 heavy (non-hydrogen) atoms. The largest absolute Gasteiger partial charge is 0.497 e. The normalized spacial score (nSPS) is 10.7. The van der Waals surface area contributed by atoms with Crippen LogP contribution in [0.3, 0.4) is 0 Å². The Morgan fingerprint density at radius 1 is 1.15 bits per heavy atom. The molecule has 3 rings (SSSR count). The fraction of sp³-hybridized carbons (Fsp3) is 0.0625. The van der Waals surface area contributed by atoms with Gasteiger partial charge in [0, 0.05) is 14.6 Å². The van der Waals surface area contributed by atoms with Gasteiger partial charge in [0.1, 0.15) is 5.75 Å². The van der Waals surface area contributed by atoms with E-state index in [2.05, 4.69) is 22.0 Å². The Balaban J connectivity index is 2.21. The van der Waals surface area contributed by atoms with Crippen molar-refractivity contribution in [3.05, 3.63) is 51.8 Å². The highest BCUT2D eigenvalue weighted by Gasteiger charge is 2.10. The number of fused-ring (bicyclic) bond motifs is 1. The number of aldehydes is 1. The Labute approximate surface area is 129 Å². The summed E-state index contributed by atoms with van der Waals surface area (Å²) in [6.07, 6.45) is 0.898. The predicted octanol–water partition coefficient (Wildman–Crippen LogP) is 5.15. The van der Waals surface area contributed by atoms with Crippen LogP contribution in [-0.2, 0) is 0 Å². The van der Waals surface area contributed by atoms with E-state index in [-0.39, 0.29) is 0 Å². The van der Waals surface area contributed by atoms with Crippen LogP contribution in [0.1, 0.15) is 9.67 Å². The quantitative estimate of drug-likeness (QED) is 0.613. The third-order valence-corrected chi connectivity index (χ3v) is 5.19. The zero-order valence-corrected chi connectivity index (χ0v) is 13.1. The highest BCUT2D eigenvalue weighted by molar-refractivity contribution is 9.10. The molecule has 1 heterocycles. The summed E-state index contributed by atoms with van der Waals surface area (Å²) in [5, 5.41) is 1.09. The Bertz CT molecular complexity index is 775. The second kappa shape index (κ2) is 5.38. The summed E-state index contributed by atoms with van der Waals surface area (Å²) < 4.78 is 7.30. The van der Waals surface area contributed by atoms with Crippen LogP contribution in [-0.4, -0.2) is 13.4 Å². The number of carbonyl (C=O) groups is 1. The molecule has 0 bridgehead atoms. The molecule has 4 heteroatoms. The van der Waals surface area contributed by atoms with Gasteiger partial charge in [0.25, 0.3) is 0 Å². The van der Waals surface area contributed by atoms with Crippen LogP contribution < -0.4 is 4.74 Å². The van der Waals surface area contributed by atoms with E-state index in [0.717, 1.165) is 42.6 Å². The molecule has 0 spiro atoms. The minimum atomic E-state index is 0.738. The maximum absolute atomic E-state index is 11.0. The lowest BCUT2D eigenvalue weighted by Gasteiger charge is -2.06. The maximum atomic E-state index is 11.0. The third kappa shape index (κ3) is 2.25. The van der Waals surface area contributed by atoms with Gasteiger partial charge in [-0.3, -0.25) is 4.79 Å². The van der Waals surface area contributed by atoms with E-state index >= 15 is 0 Å². The minimum absolute atomic E-state index is 0.738. The van der Waals surface area contributed by atoms with Crippen molar-refractivity contribution in [3.8, 4) is 16.9 Å². The number of hydrogen-bond acceptors (Lipinski definition) is 3. The summed E-state index contributed by atoms with van der Waals surface area (Å²) in [5.41, 5.74) is 2.23. The average molecular weight is 347 g/mol. The predicted molar refractivity (Wildman–Crippen MR) is 86.9 cm³/mol. The minimum Gasteiger partial charge on any atom is -0.497 e. The number of benzene rings is 2. The fourth-order valence-electron chi connectivity index (χ4n) is 2.19. The second-order valence-electron chi connectivity index (χ2n) is 4.33. The van der Waals surface area contributed by atoms with Crippen LogP contribution in [0.2, 0.25) is 0 Å². The molecule has 1 aromatic heterocycles. The molecule has 0 radical (unpaired) electrons.